The highest BCUT2D eigenvalue weighted by atomic mass is 79.9. The summed E-state index contributed by atoms with van der Waals surface area (Å²) in [4.78, 5) is 6.89. The summed E-state index contributed by atoms with van der Waals surface area (Å²) < 4.78 is 1.11. The molecule has 2 atom stereocenters. The molecule has 2 aromatic rings. The molecule has 2 N–H and O–H groups in total. The normalized spacial score (nSPS) is 22.6. The minimum absolute atomic E-state index is 0.450. The van der Waals surface area contributed by atoms with Crippen molar-refractivity contribution in [3.8, 4) is 11.4 Å². The zero-order chi connectivity index (χ0) is 15.0. The molecular formula is C15H20BrN5. The summed E-state index contributed by atoms with van der Waals surface area (Å²) in [6, 6.07) is 7.10. The lowest BCUT2D eigenvalue weighted by Crippen LogP contribution is -2.54. The van der Waals surface area contributed by atoms with Crippen molar-refractivity contribution in [1.29, 1.82) is 0 Å². The van der Waals surface area contributed by atoms with E-state index in [9.17, 15) is 0 Å². The lowest BCUT2D eigenvalue weighted by Gasteiger charge is -2.35. The summed E-state index contributed by atoms with van der Waals surface area (Å²) >= 11 is 3.52. The van der Waals surface area contributed by atoms with Crippen molar-refractivity contribution in [2.24, 2.45) is 0 Å². The first-order chi connectivity index (χ1) is 10.0. The van der Waals surface area contributed by atoms with E-state index in [0.29, 0.717) is 12.1 Å². The Balaban J connectivity index is 1.84. The molecule has 6 heteroatoms. The minimum Gasteiger partial charge on any atom is -0.336 e. The number of anilines is 1. The molecule has 2 heterocycles. The van der Waals surface area contributed by atoms with Gasteiger partial charge in [-0.05, 0) is 38.5 Å². The van der Waals surface area contributed by atoms with Gasteiger partial charge in [-0.3, -0.25) is 5.10 Å². The van der Waals surface area contributed by atoms with Crippen LogP contribution in [0, 0.1) is 6.92 Å². The van der Waals surface area contributed by atoms with Crippen LogP contribution in [0.15, 0.2) is 22.7 Å². The predicted octanol–water partition coefficient (Wildman–Crippen LogP) is 2.73. The van der Waals surface area contributed by atoms with Crippen LogP contribution in [-0.4, -0.2) is 40.4 Å². The van der Waals surface area contributed by atoms with E-state index in [4.69, 9.17) is 0 Å². The smallest absolute Gasteiger partial charge is 0.245 e. The number of aromatic nitrogens is 3. The Hall–Kier alpha value is -1.40. The van der Waals surface area contributed by atoms with Crippen molar-refractivity contribution >= 4 is 21.9 Å². The van der Waals surface area contributed by atoms with E-state index >= 15 is 0 Å². The van der Waals surface area contributed by atoms with E-state index < -0.39 is 0 Å². The van der Waals surface area contributed by atoms with Crippen LogP contribution in [0.2, 0.25) is 0 Å². The Kier molecular flexibility index (Phi) is 3.99. The number of benzene rings is 1. The van der Waals surface area contributed by atoms with Gasteiger partial charge in [0.25, 0.3) is 0 Å². The van der Waals surface area contributed by atoms with Crippen molar-refractivity contribution < 1.29 is 0 Å². The number of nitrogens with one attached hydrogen (secondary N) is 2. The molecule has 0 saturated carbocycles. The maximum Gasteiger partial charge on any atom is 0.245 e. The number of hydrogen-bond acceptors (Lipinski definition) is 4. The number of halogens is 1. The van der Waals surface area contributed by atoms with Crippen LogP contribution in [0.5, 0.6) is 0 Å². The Morgan fingerprint density at radius 2 is 1.95 bits per heavy atom. The Morgan fingerprint density at radius 1 is 1.24 bits per heavy atom. The average molecular weight is 350 g/mol. The molecule has 0 radical (unpaired) electrons. The molecule has 1 aromatic carbocycles. The molecule has 1 aromatic heterocycles. The third kappa shape index (κ3) is 3.11. The van der Waals surface area contributed by atoms with Crippen molar-refractivity contribution in [1.82, 2.24) is 20.5 Å². The van der Waals surface area contributed by atoms with Gasteiger partial charge in [0.15, 0.2) is 5.82 Å². The molecule has 21 heavy (non-hydrogen) atoms. The van der Waals surface area contributed by atoms with Crippen LogP contribution in [0.3, 0.4) is 0 Å². The van der Waals surface area contributed by atoms with Gasteiger partial charge in [0.2, 0.25) is 5.95 Å². The molecule has 1 fully saturated rings. The number of aryl methyl sites for hydroxylation is 1. The van der Waals surface area contributed by atoms with Gasteiger partial charge in [0.1, 0.15) is 0 Å². The van der Waals surface area contributed by atoms with Crippen molar-refractivity contribution in [2.75, 3.05) is 18.0 Å². The van der Waals surface area contributed by atoms with Gasteiger partial charge < -0.3 is 10.2 Å². The molecular weight excluding hydrogens is 330 g/mol. The monoisotopic (exact) mass is 349 g/mol. The zero-order valence-corrected chi connectivity index (χ0v) is 14.1. The molecule has 1 aliphatic heterocycles. The maximum atomic E-state index is 4.66. The number of H-pyrrole nitrogens is 1. The summed E-state index contributed by atoms with van der Waals surface area (Å²) in [5, 5.41) is 11.0. The van der Waals surface area contributed by atoms with Crippen molar-refractivity contribution in [3.63, 3.8) is 0 Å². The molecule has 0 aliphatic carbocycles. The van der Waals surface area contributed by atoms with E-state index in [1.807, 2.05) is 12.1 Å². The largest absolute Gasteiger partial charge is 0.336 e. The molecule has 2 unspecified atom stereocenters. The molecule has 0 spiro atoms. The first-order valence-electron chi connectivity index (χ1n) is 7.23. The van der Waals surface area contributed by atoms with Crippen LogP contribution in [0.25, 0.3) is 11.4 Å². The minimum atomic E-state index is 0.450. The summed E-state index contributed by atoms with van der Waals surface area (Å²) in [5.41, 5.74) is 2.25. The van der Waals surface area contributed by atoms with Crippen molar-refractivity contribution in [3.05, 3.63) is 28.2 Å². The van der Waals surface area contributed by atoms with E-state index in [0.717, 1.165) is 34.9 Å². The number of piperazine rings is 1. The summed E-state index contributed by atoms with van der Waals surface area (Å²) in [5.74, 6) is 1.60. The molecule has 112 valence electrons. The highest BCUT2D eigenvalue weighted by molar-refractivity contribution is 9.10. The fourth-order valence-electron chi connectivity index (χ4n) is 2.81. The maximum absolute atomic E-state index is 4.66. The fraction of sp³-hybridized carbons (Fsp3) is 0.467. The number of hydrogen-bond donors (Lipinski definition) is 2. The SMILES string of the molecule is Cc1cc(-c2nc(N3CC(C)NC(C)C3)n[nH]2)ccc1Br. The first kappa shape index (κ1) is 14.5. The van der Waals surface area contributed by atoms with Crippen LogP contribution >= 0.6 is 15.9 Å². The van der Waals surface area contributed by atoms with E-state index in [1.165, 1.54) is 5.56 Å². The Bertz CT molecular complexity index is 629. The second kappa shape index (κ2) is 5.77. The third-order valence-electron chi connectivity index (χ3n) is 3.75. The van der Waals surface area contributed by atoms with Crippen LogP contribution < -0.4 is 10.2 Å². The summed E-state index contributed by atoms with van der Waals surface area (Å²) in [6.07, 6.45) is 0. The fourth-order valence-corrected chi connectivity index (χ4v) is 3.05. The third-order valence-corrected chi connectivity index (χ3v) is 4.64. The van der Waals surface area contributed by atoms with Gasteiger partial charge >= 0.3 is 0 Å². The number of rotatable bonds is 2. The van der Waals surface area contributed by atoms with E-state index in [-0.39, 0.29) is 0 Å². The molecule has 5 nitrogen and oxygen atoms in total. The zero-order valence-electron chi connectivity index (χ0n) is 12.5. The van der Waals surface area contributed by atoms with Crippen LogP contribution in [0.1, 0.15) is 19.4 Å². The van der Waals surface area contributed by atoms with Gasteiger partial charge in [-0.15, -0.1) is 5.10 Å². The van der Waals surface area contributed by atoms with Crippen LogP contribution in [-0.2, 0) is 0 Å². The van der Waals surface area contributed by atoms with Gasteiger partial charge in [0, 0.05) is 35.2 Å². The van der Waals surface area contributed by atoms with E-state index in [1.54, 1.807) is 0 Å². The van der Waals surface area contributed by atoms with Crippen molar-refractivity contribution in [2.45, 2.75) is 32.9 Å². The molecule has 0 bridgehead atoms. The van der Waals surface area contributed by atoms with Gasteiger partial charge in [-0.2, -0.15) is 4.98 Å². The molecule has 0 amide bonds. The Morgan fingerprint density at radius 3 is 2.62 bits per heavy atom. The van der Waals surface area contributed by atoms with Gasteiger partial charge in [-0.25, -0.2) is 0 Å². The topological polar surface area (TPSA) is 56.8 Å². The summed E-state index contributed by atoms with van der Waals surface area (Å²) in [6.45, 7) is 8.31. The quantitative estimate of drug-likeness (QED) is 0.875. The molecule has 1 saturated heterocycles. The number of aromatic amines is 1. The van der Waals surface area contributed by atoms with E-state index in [2.05, 4.69) is 68.2 Å². The second-order valence-electron chi connectivity index (χ2n) is 5.82. The molecule has 1 aliphatic rings. The van der Waals surface area contributed by atoms with Gasteiger partial charge in [-0.1, -0.05) is 22.0 Å². The van der Waals surface area contributed by atoms with Gasteiger partial charge in [0.05, 0.1) is 0 Å². The summed E-state index contributed by atoms with van der Waals surface area (Å²) in [7, 11) is 0. The van der Waals surface area contributed by atoms with Crippen LogP contribution in [0.4, 0.5) is 5.95 Å². The molecule has 3 rings (SSSR count). The highest BCUT2D eigenvalue weighted by Crippen LogP contribution is 2.24. The first-order valence-corrected chi connectivity index (χ1v) is 8.02. The standard InChI is InChI=1S/C15H20BrN5/c1-9-6-12(4-5-13(9)16)14-18-15(20-19-14)21-7-10(2)17-11(3)8-21/h4-6,10-11,17H,7-8H2,1-3H3,(H,18,19,20). The number of nitrogens with zero attached hydrogens (tertiary/aromatic N) is 3. The highest BCUT2D eigenvalue weighted by Gasteiger charge is 2.23. The lowest BCUT2D eigenvalue weighted by molar-refractivity contribution is 0.403. The predicted molar refractivity (Wildman–Crippen MR) is 88.5 cm³/mol. The Labute approximate surface area is 133 Å². The second-order valence-corrected chi connectivity index (χ2v) is 6.68. The lowest BCUT2D eigenvalue weighted by atomic mass is 10.1. The average Bonchev–Trinajstić information content (AvgIpc) is 2.90.